The van der Waals surface area contributed by atoms with Crippen molar-refractivity contribution in [2.24, 2.45) is 7.05 Å². The molecule has 0 aliphatic carbocycles. The monoisotopic (exact) mass is 445 g/mol. The third kappa shape index (κ3) is 4.21. The summed E-state index contributed by atoms with van der Waals surface area (Å²) in [5.74, 6) is 1.29. The first kappa shape index (κ1) is 19.7. The Hall–Kier alpha value is -2.62. The maximum absolute atomic E-state index is 12.3. The van der Waals surface area contributed by atoms with E-state index in [0.29, 0.717) is 26.9 Å². The van der Waals surface area contributed by atoms with Crippen LogP contribution in [0.15, 0.2) is 47.6 Å². The molecule has 0 aliphatic heterocycles. The number of aromatic nitrogens is 4. The Morgan fingerprint density at radius 2 is 2.10 bits per heavy atom. The van der Waals surface area contributed by atoms with Gasteiger partial charge < -0.3 is 14.6 Å². The van der Waals surface area contributed by atoms with E-state index in [0.717, 1.165) is 15.8 Å². The van der Waals surface area contributed by atoms with Crippen molar-refractivity contribution in [2.75, 3.05) is 18.2 Å². The van der Waals surface area contributed by atoms with Gasteiger partial charge in [-0.15, -0.1) is 10.2 Å². The van der Waals surface area contributed by atoms with Crippen molar-refractivity contribution in [1.82, 2.24) is 19.7 Å². The second kappa shape index (κ2) is 8.40. The summed E-state index contributed by atoms with van der Waals surface area (Å²) >= 11 is 8.86. The Kier molecular flexibility index (Phi) is 5.70. The van der Waals surface area contributed by atoms with E-state index < -0.39 is 0 Å². The second-order valence-electron chi connectivity index (χ2n) is 6.03. The Balaban J connectivity index is 1.45. The summed E-state index contributed by atoms with van der Waals surface area (Å²) in [7, 11) is 3.43. The van der Waals surface area contributed by atoms with Gasteiger partial charge in [-0.25, -0.2) is 4.98 Å². The number of methoxy groups -OCH3 is 1. The number of ether oxygens (including phenoxy) is 1. The first-order valence-electron chi connectivity index (χ1n) is 8.56. The van der Waals surface area contributed by atoms with E-state index in [1.54, 1.807) is 25.3 Å². The van der Waals surface area contributed by atoms with E-state index in [-0.39, 0.29) is 11.7 Å². The van der Waals surface area contributed by atoms with Crippen molar-refractivity contribution in [3.63, 3.8) is 0 Å². The highest BCUT2D eigenvalue weighted by atomic mass is 35.5. The van der Waals surface area contributed by atoms with Crippen LogP contribution in [0.4, 0.5) is 5.13 Å². The minimum absolute atomic E-state index is 0.154. The molecule has 0 fully saturated rings. The van der Waals surface area contributed by atoms with Crippen molar-refractivity contribution >= 4 is 56.0 Å². The molecule has 0 unspecified atom stereocenters. The van der Waals surface area contributed by atoms with Crippen molar-refractivity contribution in [3.8, 4) is 17.1 Å². The molecule has 2 aromatic carbocycles. The fourth-order valence-corrected chi connectivity index (χ4v) is 4.51. The molecule has 1 amide bonds. The molecule has 29 heavy (non-hydrogen) atoms. The number of amides is 1. The summed E-state index contributed by atoms with van der Waals surface area (Å²) in [6, 6.07) is 13.1. The molecular weight excluding hydrogens is 430 g/mol. The number of nitrogens with one attached hydrogen (secondary N) is 1. The highest BCUT2D eigenvalue weighted by molar-refractivity contribution is 7.99. The average Bonchev–Trinajstić information content (AvgIpc) is 3.28. The number of hydrogen-bond acceptors (Lipinski definition) is 7. The molecule has 4 rings (SSSR count). The quantitative estimate of drug-likeness (QED) is 0.440. The van der Waals surface area contributed by atoms with Crippen molar-refractivity contribution < 1.29 is 9.53 Å². The maximum atomic E-state index is 12.3. The molecule has 0 saturated carbocycles. The van der Waals surface area contributed by atoms with Crippen molar-refractivity contribution in [2.45, 2.75) is 5.16 Å². The Morgan fingerprint density at radius 1 is 1.28 bits per heavy atom. The highest BCUT2D eigenvalue weighted by Gasteiger charge is 2.17. The summed E-state index contributed by atoms with van der Waals surface area (Å²) in [6.45, 7) is 0. The average molecular weight is 446 g/mol. The van der Waals surface area contributed by atoms with Gasteiger partial charge in [0.05, 0.1) is 28.6 Å². The molecule has 0 saturated heterocycles. The lowest BCUT2D eigenvalue weighted by atomic mass is 10.2. The number of rotatable bonds is 6. The normalized spacial score (nSPS) is 11.0. The number of thiazole rings is 1. The van der Waals surface area contributed by atoms with Crippen LogP contribution in [0.25, 0.3) is 21.6 Å². The summed E-state index contributed by atoms with van der Waals surface area (Å²) < 4.78 is 8.23. The molecule has 2 aromatic heterocycles. The lowest BCUT2D eigenvalue weighted by Gasteiger charge is -2.09. The molecule has 0 atom stereocenters. The third-order valence-electron chi connectivity index (χ3n) is 4.11. The number of hydrogen-bond donors (Lipinski definition) is 1. The number of para-hydroxylation sites is 1. The lowest BCUT2D eigenvalue weighted by molar-refractivity contribution is -0.113. The number of carbonyl (C=O) groups is 1. The van der Waals surface area contributed by atoms with Crippen LogP contribution in [0.3, 0.4) is 0 Å². The van der Waals surface area contributed by atoms with Crippen LogP contribution in [0.2, 0.25) is 5.02 Å². The van der Waals surface area contributed by atoms with Gasteiger partial charge in [-0.1, -0.05) is 46.8 Å². The van der Waals surface area contributed by atoms with Crippen molar-refractivity contribution in [3.05, 3.63) is 47.5 Å². The van der Waals surface area contributed by atoms with Gasteiger partial charge in [-0.3, -0.25) is 4.79 Å². The molecular formula is C19H16ClN5O2S2. The predicted octanol–water partition coefficient (Wildman–Crippen LogP) is 4.48. The van der Waals surface area contributed by atoms with Crippen LogP contribution in [0.5, 0.6) is 5.75 Å². The molecule has 1 N–H and O–H groups in total. The van der Waals surface area contributed by atoms with Gasteiger partial charge in [-0.05, 0) is 30.3 Å². The summed E-state index contributed by atoms with van der Waals surface area (Å²) in [5, 5.41) is 13.0. The SMILES string of the molecule is COc1ccc(Cl)cc1-c1nnc(SCC(=O)Nc2nc3ccccc3s2)n1C. The fourth-order valence-electron chi connectivity index (χ4n) is 2.74. The van der Waals surface area contributed by atoms with Gasteiger partial charge in [0.2, 0.25) is 5.91 Å². The number of nitrogens with zero attached hydrogens (tertiary/aromatic N) is 4. The number of thioether (sulfide) groups is 1. The molecule has 10 heteroatoms. The Bertz CT molecular complexity index is 1160. The number of halogens is 1. The Labute approximate surface area is 180 Å². The summed E-state index contributed by atoms with van der Waals surface area (Å²) in [4.78, 5) is 16.7. The van der Waals surface area contributed by atoms with Crippen LogP contribution in [0.1, 0.15) is 0 Å². The maximum Gasteiger partial charge on any atom is 0.236 e. The zero-order valence-corrected chi connectivity index (χ0v) is 17.9. The van der Waals surface area contributed by atoms with E-state index in [4.69, 9.17) is 16.3 Å². The minimum Gasteiger partial charge on any atom is -0.496 e. The molecule has 2 heterocycles. The van der Waals surface area contributed by atoms with E-state index >= 15 is 0 Å². The topological polar surface area (TPSA) is 81.9 Å². The molecule has 0 radical (unpaired) electrons. The van der Waals surface area contributed by atoms with Gasteiger partial charge in [0.15, 0.2) is 16.1 Å². The molecule has 148 valence electrons. The van der Waals surface area contributed by atoms with Crippen LogP contribution in [-0.2, 0) is 11.8 Å². The van der Waals surface area contributed by atoms with E-state index in [2.05, 4.69) is 20.5 Å². The largest absolute Gasteiger partial charge is 0.496 e. The lowest BCUT2D eigenvalue weighted by Crippen LogP contribution is -2.14. The zero-order chi connectivity index (χ0) is 20.4. The minimum atomic E-state index is -0.154. The van der Waals surface area contributed by atoms with Crippen LogP contribution in [-0.4, -0.2) is 38.5 Å². The van der Waals surface area contributed by atoms with Crippen LogP contribution < -0.4 is 10.1 Å². The first-order valence-corrected chi connectivity index (χ1v) is 10.7. The first-order chi connectivity index (χ1) is 14.0. The predicted molar refractivity (Wildman–Crippen MR) is 117 cm³/mol. The van der Waals surface area contributed by atoms with Gasteiger partial charge in [0, 0.05) is 12.1 Å². The standard InChI is InChI=1S/C19H16ClN5O2S2/c1-25-17(12-9-11(20)7-8-14(12)27-2)23-24-19(25)28-10-16(26)22-18-21-13-5-3-4-6-15(13)29-18/h3-9H,10H2,1-2H3,(H,21,22,26). The number of carbonyl (C=O) groups excluding carboxylic acids is 1. The number of anilines is 1. The molecule has 4 aromatic rings. The molecule has 0 spiro atoms. The number of fused-ring (bicyclic) bond motifs is 1. The molecule has 0 bridgehead atoms. The number of benzene rings is 2. The molecule has 7 nitrogen and oxygen atoms in total. The second-order valence-corrected chi connectivity index (χ2v) is 8.44. The molecule has 0 aliphatic rings. The van der Waals surface area contributed by atoms with Gasteiger partial charge in [0.1, 0.15) is 5.75 Å². The Morgan fingerprint density at radius 3 is 2.90 bits per heavy atom. The fraction of sp³-hybridized carbons (Fsp3) is 0.158. The summed E-state index contributed by atoms with van der Waals surface area (Å²) in [5.41, 5.74) is 1.61. The van der Waals surface area contributed by atoms with Gasteiger partial charge in [0.25, 0.3) is 0 Å². The van der Waals surface area contributed by atoms with Gasteiger partial charge in [-0.2, -0.15) is 0 Å². The van der Waals surface area contributed by atoms with Crippen LogP contribution in [0, 0.1) is 0 Å². The van der Waals surface area contributed by atoms with Gasteiger partial charge >= 0.3 is 0 Å². The van der Waals surface area contributed by atoms with Crippen LogP contribution >= 0.6 is 34.7 Å². The third-order valence-corrected chi connectivity index (χ3v) is 6.32. The van der Waals surface area contributed by atoms with E-state index in [1.165, 1.54) is 23.1 Å². The van der Waals surface area contributed by atoms with E-state index in [9.17, 15) is 4.79 Å². The zero-order valence-electron chi connectivity index (χ0n) is 15.5. The van der Waals surface area contributed by atoms with Crippen molar-refractivity contribution in [1.29, 1.82) is 0 Å². The smallest absolute Gasteiger partial charge is 0.236 e. The summed E-state index contributed by atoms with van der Waals surface area (Å²) in [6.07, 6.45) is 0. The van der Waals surface area contributed by atoms with E-state index in [1.807, 2.05) is 35.9 Å². The highest BCUT2D eigenvalue weighted by Crippen LogP contribution is 2.32.